The maximum Gasteiger partial charge on any atom is 0.214 e. The normalized spacial score (nSPS) is 12.3. The summed E-state index contributed by atoms with van der Waals surface area (Å²) in [5.74, 6) is 0.190. The number of benzene rings is 1. The van der Waals surface area contributed by atoms with Crippen molar-refractivity contribution in [1.82, 2.24) is 9.62 Å². The van der Waals surface area contributed by atoms with E-state index < -0.39 is 10.0 Å². The molecule has 0 heterocycles. The van der Waals surface area contributed by atoms with Crippen LogP contribution in [-0.2, 0) is 16.6 Å². The van der Waals surface area contributed by atoms with E-state index in [9.17, 15) is 8.42 Å². The van der Waals surface area contributed by atoms with Crippen LogP contribution in [-0.4, -0.2) is 38.1 Å². The average Bonchev–Trinajstić information content (AvgIpc) is 2.37. The van der Waals surface area contributed by atoms with Gasteiger partial charge in [-0.05, 0) is 31.0 Å². The Balaban J connectivity index is 2.53. The zero-order valence-electron chi connectivity index (χ0n) is 12.9. The Morgan fingerprint density at radius 1 is 1.25 bits per heavy atom. The minimum Gasteiger partial charge on any atom is -0.314 e. The van der Waals surface area contributed by atoms with Gasteiger partial charge in [0.2, 0.25) is 10.0 Å². The summed E-state index contributed by atoms with van der Waals surface area (Å²) < 4.78 is 25.8. The Kier molecular flexibility index (Phi) is 6.65. The van der Waals surface area contributed by atoms with E-state index in [0.29, 0.717) is 19.0 Å². The average molecular weight is 298 g/mol. The summed E-state index contributed by atoms with van der Waals surface area (Å²) in [7, 11) is -1.53. The molecule has 0 amide bonds. The van der Waals surface area contributed by atoms with Crippen LogP contribution in [0.3, 0.4) is 0 Å². The van der Waals surface area contributed by atoms with Crippen LogP contribution in [0.25, 0.3) is 0 Å². The number of nitrogens with one attached hydrogen (secondary N) is 1. The zero-order valence-corrected chi connectivity index (χ0v) is 13.7. The molecule has 0 spiro atoms. The Labute approximate surface area is 123 Å². The highest BCUT2D eigenvalue weighted by molar-refractivity contribution is 7.89. The van der Waals surface area contributed by atoms with E-state index in [2.05, 4.69) is 19.2 Å². The van der Waals surface area contributed by atoms with Crippen LogP contribution in [0, 0.1) is 6.92 Å². The molecule has 0 unspecified atom stereocenters. The molecule has 1 rings (SSSR count). The van der Waals surface area contributed by atoms with Crippen molar-refractivity contribution < 1.29 is 8.42 Å². The Morgan fingerprint density at radius 2 is 1.90 bits per heavy atom. The molecule has 1 aromatic rings. The SMILES string of the molecule is Cc1ccccc1CN(C)S(=O)(=O)CCCNC(C)C. The van der Waals surface area contributed by atoms with Crippen LogP contribution in [0.2, 0.25) is 0 Å². The lowest BCUT2D eigenvalue weighted by molar-refractivity contribution is 0.462. The summed E-state index contributed by atoms with van der Waals surface area (Å²) in [5, 5.41) is 3.23. The first-order valence-corrected chi connectivity index (χ1v) is 8.66. The molecule has 0 saturated carbocycles. The van der Waals surface area contributed by atoms with Gasteiger partial charge in [0.1, 0.15) is 0 Å². The molecule has 20 heavy (non-hydrogen) atoms. The fraction of sp³-hybridized carbons (Fsp3) is 0.600. The molecule has 0 radical (unpaired) electrons. The van der Waals surface area contributed by atoms with Crippen LogP contribution in [0.5, 0.6) is 0 Å². The van der Waals surface area contributed by atoms with E-state index in [1.165, 1.54) is 4.31 Å². The third-order valence-electron chi connectivity index (χ3n) is 3.26. The molecule has 0 saturated heterocycles. The maximum atomic E-state index is 12.2. The van der Waals surface area contributed by atoms with Crippen molar-refractivity contribution in [3.8, 4) is 0 Å². The monoisotopic (exact) mass is 298 g/mol. The van der Waals surface area contributed by atoms with E-state index in [1.54, 1.807) is 7.05 Å². The van der Waals surface area contributed by atoms with Crippen molar-refractivity contribution in [3.63, 3.8) is 0 Å². The standard InChI is InChI=1S/C15H26N2O2S/c1-13(2)16-10-7-11-20(18,19)17(4)12-15-9-6-5-8-14(15)3/h5-6,8-9,13,16H,7,10-12H2,1-4H3. The van der Waals surface area contributed by atoms with Gasteiger partial charge in [0.15, 0.2) is 0 Å². The molecule has 1 aromatic carbocycles. The molecule has 1 N–H and O–H groups in total. The summed E-state index contributed by atoms with van der Waals surface area (Å²) in [5.41, 5.74) is 2.18. The molecule has 114 valence electrons. The van der Waals surface area contributed by atoms with Gasteiger partial charge in [0.25, 0.3) is 0 Å². The summed E-state index contributed by atoms with van der Waals surface area (Å²) >= 11 is 0. The molecular formula is C15H26N2O2S. The number of hydrogen-bond donors (Lipinski definition) is 1. The summed E-state index contributed by atoms with van der Waals surface area (Å²) in [6.45, 7) is 7.28. The number of hydrogen-bond acceptors (Lipinski definition) is 3. The van der Waals surface area contributed by atoms with E-state index >= 15 is 0 Å². The molecule has 0 bridgehead atoms. The van der Waals surface area contributed by atoms with Crippen molar-refractivity contribution in [2.24, 2.45) is 0 Å². The van der Waals surface area contributed by atoms with Gasteiger partial charge in [-0.15, -0.1) is 0 Å². The van der Waals surface area contributed by atoms with Crippen LogP contribution >= 0.6 is 0 Å². The Morgan fingerprint density at radius 3 is 2.50 bits per heavy atom. The van der Waals surface area contributed by atoms with E-state index in [-0.39, 0.29) is 5.75 Å². The van der Waals surface area contributed by atoms with Crippen molar-refractivity contribution in [2.45, 2.75) is 39.8 Å². The Bertz CT molecular complexity index is 512. The summed E-state index contributed by atoms with van der Waals surface area (Å²) in [6, 6.07) is 8.27. The molecule has 0 aliphatic heterocycles. The maximum absolute atomic E-state index is 12.2. The lowest BCUT2D eigenvalue weighted by Crippen LogP contribution is -2.31. The minimum atomic E-state index is -3.18. The van der Waals surface area contributed by atoms with E-state index in [0.717, 1.165) is 17.7 Å². The first kappa shape index (κ1) is 17.1. The van der Waals surface area contributed by atoms with Crippen LogP contribution in [0.4, 0.5) is 0 Å². The topological polar surface area (TPSA) is 49.4 Å². The highest BCUT2D eigenvalue weighted by Crippen LogP contribution is 2.12. The zero-order chi connectivity index (χ0) is 15.2. The van der Waals surface area contributed by atoms with Crippen molar-refractivity contribution in [1.29, 1.82) is 0 Å². The van der Waals surface area contributed by atoms with Crippen LogP contribution in [0.15, 0.2) is 24.3 Å². The smallest absolute Gasteiger partial charge is 0.214 e. The Hall–Kier alpha value is -0.910. The van der Waals surface area contributed by atoms with Gasteiger partial charge in [-0.2, -0.15) is 0 Å². The summed E-state index contributed by atoms with van der Waals surface area (Å²) in [4.78, 5) is 0. The summed E-state index contributed by atoms with van der Waals surface area (Å²) in [6.07, 6.45) is 0.638. The van der Waals surface area contributed by atoms with Crippen LogP contribution in [0.1, 0.15) is 31.4 Å². The van der Waals surface area contributed by atoms with E-state index in [4.69, 9.17) is 0 Å². The number of nitrogens with zero attached hydrogens (tertiary/aromatic N) is 1. The molecule has 0 aliphatic carbocycles. The van der Waals surface area contributed by atoms with Crippen LogP contribution < -0.4 is 5.32 Å². The van der Waals surface area contributed by atoms with Crippen molar-refractivity contribution in [2.75, 3.05) is 19.3 Å². The molecular weight excluding hydrogens is 272 g/mol. The number of sulfonamides is 1. The van der Waals surface area contributed by atoms with Gasteiger partial charge >= 0.3 is 0 Å². The van der Waals surface area contributed by atoms with Gasteiger partial charge in [-0.1, -0.05) is 38.1 Å². The minimum absolute atomic E-state index is 0.190. The molecule has 0 aliphatic rings. The third kappa shape index (κ3) is 5.61. The van der Waals surface area contributed by atoms with Gasteiger partial charge < -0.3 is 5.32 Å². The highest BCUT2D eigenvalue weighted by Gasteiger charge is 2.18. The van der Waals surface area contributed by atoms with Gasteiger partial charge in [-0.3, -0.25) is 0 Å². The third-order valence-corrected chi connectivity index (χ3v) is 5.14. The van der Waals surface area contributed by atoms with Gasteiger partial charge in [0.05, 0.1) is 5.75 Å². The lowest BCUT2D eigenvalue weighted by Gasteiger charge is -2.18. The highest BCUT2D eigenvalue weighted by atomic mass is 32.2. The predicted octanol–water partition coefficient (Wildman–Crippen LogP) is 2.14. The van der Waals surface area contributed by atoms with Gasteiger partial charge in [-0.25, -0.2) is 12.7 Å². The van der Waals surface area contributed by atoms with Gasteiger partial charge in [0, 0.05) is 19.6 Å². The largest absolute Gasteiger partial charge is 0.314 e. The molecule has 0 atom stereocenters. The van der Waals surface area contributed by atoms with Crippen molar-refractivity contribution >= 4 is 10.0 Å². The quantitative estimate of drug-likeness (QED) is 0.748. The molecule has 0 fully saturated rings. The first-order valence-electron chi connectivity index (χ1n) is 7.05. The second-order valence-electron chi connectivity index (χ2n) is 5.46. The van der Waals surface area contributed by atoms with E-state index in [1.807, 2.05) is 31.2 Å². The second kappa shape index (κ2) is 7.76. The molecule has 5 heteroatoms. The number of aryl methyl sites for hydroxylation is 1. The second-order valence-corrected chi connectivity index (χ2v) is 7.66. The molecule has 0 aromatic heterocycles. The molecule has 4 nitrogen and oxygen atoms in total. The fourth-order valence-electron chi connectivity index (χ4n) is 1.93. The van der Waals surface area contributed by atoms with Crippen molar-refractivity contribution in [3.05, 3.63) is 35.4 Å². The lowest BCUT2D eigenvalue weighted by atomic mass is 10.1. The first-order chi connectivity index (χ1) is 9.33. The predicted molar refractivity (Wildman–Crippen MR) is 84.2 cm³/mol. The fourth-order valence-corrected chi connectivity index (χ4v) is 3.08. The number of rotatable bonds is 8.